The van der Waals surface area contributed by atoms with Gasteiger partial charge in [-0.2, -0.15) is 0 Å². The Morgan fingerprint density at radius 1 is 1.44 bits per heavy atom. The highest BCUT2D eigenvalue weighted by atomic mass is 16.2. The minimum atomic E-state index is -0.258. The molecule has 1 amide bonds. The van der Waals surface area contributed by atoms with Crippen LogP contribution in [0.4, 0.5) is 0 Å². The first-order valence-electron chi connectivity index (χ1n) is 7.76. The van der Waals surface area contributed by atoms with Crippen LogP contribution in [0.2, 0.25) is 0 Å². The summed E-state index contributed by atoms with van der Waals surface area (Å²) in [5, 5.41) is 6.76. The second-order valence-electron chi connectivity index (χ2n) is 6.12. The standard InChI is InChI=1S/C15H28N2O/c1-3-8-15(9-5-10-16-15)14(18)17-13(4-2)11-12-6-7-12/h12-13,16H,3-11H2,1-2H3,(H,17,18). The minimum absolute atomic E-state index is 0.258. The van der Waals surface area contributed by atoms with Gasteiger partial charge in [0.2, 0.25) is 5.91 Å². The van der Waals surface area contributed by atoms with Gasteiger partial charge in [-0.25, -0.2) is 0 Å². The van der Waals surface area contributed by atoms with Crippen LogP contribution in [-0.4, -0.2) is 24.0 Å². The Labute approximate surface area is 111 Å². The first-order valence-corrected chi connectivity index (χ1v) is 7.76. The summed E-state index contributed by atoms with van der Waals surface area (Å²) in [5.74, 6) is 1.14. The summed E-state index contributed by atoms with van der Waals surface area (Å²) in [6, 6.07) is 0.390. The lowest BCUT2D eigenvalue weighted by atomic mass is 9.90. The van der Waals surface area contributed by atoms with Gasteiger partial charge in [-0.3, -0.25) is 4.79 Å². The first kappa shape index (κ1) is 13.9. The predicted molar refractivity (Wildman–Crippen MR) is 74.4 cm³/mol. The zero-order chi connectivity index (χ0) is 13.0. The summed E-state index contributed by atoms with van der Waals surface area (Å²) in [4.78, 5) is 12.6. The Morgan fingerprint density at radius 3 is 2.72 bits per heavy atom. The summed E-state index contributed by atoms with van der Waals surface area (Å²) in [5.41, 5.74) is -0.258. The third-order valence-electron chi connectivity index (χ3n) is 4.50. The fraction of sp³-hybridized carbons (Fsp3) is 0.933. The highest BCUT2D eigenvalue weighted by Crippen LogP contribution is 2.34. The molecule has 1 saturated heterocycles. The van der Waals surface area contributed by atoms with E-state index >= 15 is 0 Å². The average molecular weight is 252 g/mol. The van der Waals surface area contributed by atoms with E-state index in [-0.39, 0.29) is 11.4 Å². The van der Waals surface area contributed by atoms with Crippen LogP contribution in [0, 0.1) is 5.92 Å². The normalized spacial score (nSPS) is 29.2. The molecule has 2 rings (SSSR count). The lowest BCUT2D eigenvalue weighted by molar-refractivity contribution is -0.128. The molecule has 0 aromatic carbocycles. The van der Waals surface area contributed by atoms with Crippen molar-refractivity contribution < 1.29 is 4.79 Å². The molecule has 2 atom stereocenters. The zero-order valence-electron chi connectivity index (χ0n) is 11.9. The summed E-state index contributed by atoms with van der Waals surface area (Å²) in [6.07, 6.45) is 9.16. The Hall–Kier alpha value is -0.570. The van der Waals surface area contributed by atoms with Gasteiger partial charge in [-0.05, 0) is 44.6 Å². The number of nitrogens with one attached hydrogen (secondary N) is 2. The lowest BCUT2D eigenvalue weighted by Crippen LogP contribution is -2.55. The van der Waals surface area contributed by atoms with E-state index in [1.54, 1.807) is 0 Å². The molecule has 2 unspecified atom stereocenters. The van der Waals surface area contributed by atoms with Crippen molar-refractivity contribution in [3.8, 4) is 0 Å². The van der Waals surface area contributed by atoms with Gasteiger partial charge >= 0.3 is 0 Å². The SMILES string of the molecule is CCCC1(C(=O)NC(CC)CC2CC2)CCCN1. The van der Waals surface area contributed by atoms with Crippen LogP contribution < -0.4 is 10.6 Å². The van der Waals surface area contributed by atoms with Crippen LogP contribution >= 0.6 is 0 Å². The molecule has 3 nitrogen and oxygen atoms in total. The molecule has 2 fully saturated rings. The highest BCUT2D eigenvalue weighted by Gasteiger charge is 2.40. The Morgan fingerprint density at radius 2 is 2.22 bits per heavy atom. The van der Waals surface area contributed by atoms with Crippen molar-refractivity contribution in [3.63, 3.8) is 0 Å². The van der Waals surface area contributed by atoms with Crippen molar-refractivity contribution >= 4 is 5.91 Å². The van der Waals surface area contributed by atoms with Crippen molar-refractivity contribution in [1.29, 1.82) is 0 Å². The van der Waals surface area contributed by atoms with Crippen LogP contribution in [0.5, 0.6) is 0 Å². The van der Waals surface area contributed by atoms with Gasteiger partial charge in [0.15, 0.2) is 0 Å². The van der Waals surface area contributed by atoms with E-state index in [0.717, 1.165) is 44.6 Å². The van der Waals surface area contributed by atoms with Crippen LogP contribution in [-0.2, 0) is 4.79 Å². The van der Waals surface area contributed by atoms with E-state index in [2.05, 4.69) is 24.5 Å². The summed E-state index contributed by atoms with van der Waals surface area (Å²) in [6.45, 7) is 5.34. The summed E-state index contributed by atoms with van der Waals surface area (Å²) < 4.78 is 0. The van der Waals surface area contributed by atoms with Crippen molar-refractivity contribution in [3.05, 3.63) is 0 Å². The van der Waals surface area contributed by atoms with Crippen molar-refractivity contribution in [2.45, 2.75) is 76.8 Å². The molecule has 1 aliphatic heterocycles. The smallest absolute Gasteiger partial charge is 0.240 e. The van der Waals surface area contributed by atoms with Gasteiger partial charge < -0.3 is 10.6 Å². The number of amides is 1. The molecule has 18 heavy (non-hydrogen) atoms. The second-order valence-corrected chi connectivity index (χ2v) is 6.12. The zero-order valence-corrected chi connectivity index (χ0v) is 11.9. The molecular formula is C15H28N2O. The minimum Gasteiger partial charge on any atom is -0.352 e. The van der Waals surface area contributed by atoms with E-state index in [1.165, 1.54) is 19.3 Å². The molecule has 0 aromatic heterocycles. The monoisotopic (exact) mass is 252 g/mol. The molecule has 2 aliphatic rings. The number of hydrogen-bond acceptors (Lipinski definition) is 2. The Kier molecular flexibility index (Phi) is 4.66. The fourth-order valence-electron chi connectivity index (χ4n) is 3.16. The number of rotatable bonds is 7. The predicted octanol–water partition coefficient (Wildman–Crippen LogP) is 2.60. The second kappa shape index (κ2) is 6.05. The van der Waals surface area contributed by atoms with Gasteiger partial charge in [0.05, 0.1) is 5.54 Å². The van der Waals surface area contributed by atoms with E-state index in [9.17, 15) is 4.79 Å². The Bertz CT molecular complexity index is 280. The molecule has 1 aliphatic carbocycles. The van der Waals surface area contributed by atoms with Crippen LogP contribution in [0.1, 0.15) is 65.2 Å². The van der Waals surface area contributed by atoms with Gasteiger partial charge in [0.1, 0.15) is 0 Å². The largest absolute Gasteiger partial charge is 0.352 e. The van der Waals surface area contributed by atoms with Gasteiger partial charge in [0.25, 0.3) is 0 Å². The van der Waals surface area contributed by atoms with E-state index in [0.29, 0.717) is 6.04 Å². The third-order valence-corrected chi connectivity index (χ3v) is 4.50. The van der Waals surface area contributed by atoms with Gasteiger partial charge in [-0.15, -0.1) is 0 Å². The molecule has 0 spiro atoms. The topological polar surface area (TPSA) is 41.1 Å². The molecule has 1 saturated carbocycles. The molecule has 3 heteroatoms. The molecule has 0 aromatic rings. The maximum Gasteiger partial charge on any atom is 0.240 e. The molecule has 1 heterocycles. The number of carbonyl (C=O) groups excluding carboxylic acids is 1. The van der Waals surface area contributed by atoms with Crippen molar-refractivity contribution in [1.82, 2.24) is 10.6 Å². The molecule has 2 N–H and O–H groups in total. The van der Waals surface area contributed by atoms with Crippen LogP contribution in [0.3, 0.4) is 0 Å². The Balaban J connectivity index is 1.90. The molecule has 0 bridgehead atoms. The summed E-state index contributed by atoms with van der Waals surface area (Å²) >= 11 is 0. The maximum absolute atomic E-state index is 12.6. The number of hydrogen-bond donors (Lipinski definition) is 2. The fourth-order valence-corrected chi connectivity index (χ4v) is 3.16. The van der Waals surface area contributed by atoms with E-state index < -0.39 is 0 Å². The van der Waals surface area contributed by atoms with Gasteiger partial charge in [0, 0.05) is 6.04 Å². The number of carbonyl (C=O) groups is 1. The van der Waals surface area contributed by atoms with Crippen molar-refractivity contribution in [2.75, 3.05) is 6.54 Å². The maximum atomic E-state index is 12.6. The van der Waals surface area contributed by atoms with Crippen LogP contribution in [0.15, 0.2) is 0 Å². The lowest BCUT2D eigenvalue weighted by Gasteiger charge is -2.30. The van der Waals surface area contributed by atoms with E-state index in [4.69, 9.17) is 0 Å². The third kappa shape index (κ3) is 3.25. The van der Waals surface area contributed by atoms with Crippen LogP contribution in [0.25, 0.3) is 0 Å². The first-order chi connectivity index (χ1) is 8.70. The average Bonchev–Trinajstić information content (AvgIpc) is 3.05. The molecule has 0 radical (unpaired) electrons. The molecular weight excluding hydrogens is 224 g/mol. The highest BCUT2D eigenvalue weighted by molar-refractivity contribution is 5.86. The summed E-state index contributed by atoms with van der Waals surface area (Å²) in [7, 11) is 0. The van der Waals surface area contributed by atoms with Gasteiger partial charge in [-0.1, -0.05) is 33.1 Å². The quantitative estimate of drug-likeness (QED) is 0.731. The van der Waals surface area contributed by atoms with Crippen molar-refractivity contribution in [2.24, 2.45) is 5.92 Å². The van der Waals surface area contributed by atoms with E-state index in [1.807, 2.05) is 0 Å². The molecule has 104 valence electrons.